The molecule has 0 atom stereocenters. The molecule has 1 fully saturated rings. The highest BCUT2D eigenvalue weighted by Crippen LogP contribution is 2.28. The van der Waals surface area contributed by atoms with E-state index in [9.17, 15) is 4.39 Å². The van der Waals surface area contributed by atoms with E-state index in [0.29, 0.717) is 49.0 Å². The fourth-order valence-corrected chi connectivity index (χ4v) is 2.81. The van der Waals surface area contributed by atoms with Crippen LogP contribution in [0.2, 0.25) is 5.15 Å². The van der Waals surface area contributed by atoms with Crippen molar-refractivity contribution in [2.75, 3.05) is 36.9 Å². The molecule has 4 heterocycles. The molecule has 128 valence electrons. The van der Waals surface area contributed by atoms with E-state index < -0.39 is 5.82 Å². The first kappa shape index (κ1) is 15.9. The lowest BCUT2D eigenvalue weighted by Gasteiger charge is -2.28. The van der Waals surface area contributed by atoms with Gasteiger partial charge < -0.3 is 15.4 Å². The molecule has 2 N–H and O–H groups in total. The van der Waals surface area contributed by atoms with Crippen LogP contribution in [-0.2, 0) is 4.74 Å². The number of nitrogens with two attached hydrogens (primary N) is 1. The molecular weight excluding hydrogens is 349 g/mol. The Morgan fingerprint density at radius 3 is 2.76 bits per heavy atom. The zero-order valence-corrected chi connectivity index (χ0v) is 13.7. The molecular formula is C15H13ClFN7O. The highest BCUT2D eigenvalue weighted by Gasteiger charge is 2.20. The Bertz CT molecular complexity index is 949. The van der Waals surface area contributed by atoms with E-state index in [1.54, 1.807) is 0 Å². The topological polar surface area (TPSA) is 103 Å². The van der Waals surface area contributed by atoms with Gasteiger partial charge in [-0.25, -0.2) is 19.3 Å². The minimum atomic E-state index is -0.651. The normalized spacial score (nSPS) is 14.9. The average molecular weight is 362 g/mol. The van der Waals surface area contributed by atoms with Crippen LogP contribution in [0.25, 0.3) is 22.4 Å². The quantitative estimate of drug-likeness (QED) is 0.688. The van der Waals surface area contributed by atoms with E-state index in [2.05, 4.69) is 24.9 Å². The van der Waals surface area contributed by atoms with Crippen LogP contribution in [0.4, 0.5) is 16.2 Å². The first-order valence-electron chi connectivity index (χ1n) is 7.57. The summed E-state index contributed by atoms with van der Waals surface area (Å²) >= 11 is 5.76. The number of fused-ring (bicyclic) bond motifs is 1. The van der Waals surface area contributed by atoms with Gasteiger partial charge in [-0.2, -0.15) is 9.97 Å². The van der Waals surface area contributed by atoms with Crippen LogP contribution >= 0.6 is 11.6 Å². The maximum absolute atomic E-state index is 14.3. The molecule has 0 bridgehead atoms. The van der Waals surface area contributed by atoms with E-state index in [-0.39, 0.29) is 16.7 Å². The van der Waals surface area contributed by atoms with Gasteiger partial charge in [0.05, 0.1) is 25.1 Å². The molecule has 3 aromatic heterocycles. The molecule has 1 aliphatic heterocycles. The third-order valence-electron chi connectivity index (χ3n) is 3.84. The highest BCUT2D eigenvalue weighted by molar-refractivity contribution is 6.29. The van der Waals surface area contributed by atoms with Crippen molar-refractivity contribution in [3.63, 3.8) is 0 Å². The van der Waals surface area contributed by atoms with Crippen molar-refractivity contribution in [1.82, 2.24) is 24.9 Å². The summed E-state index contributed by atoms with van der Waals surface area (Å²) in [5.74, 6) is 0.0111. The first-order chi connectivity index (χ1) is 12.1. The Labute approximate surface area is 146 Å². The van der Waals surface area contributed by atoms with Gasteiger partial charge in [-0.05, 0) is 6.07 Å². The molecule has 0 aliphatic carbocycles. The van der Waals surface area contributed by atoms with Crippen molar-refractivity contribution in [2.45, 2.75) is 0 Å². The van der Waals surface area contributed by atoms with Crippen LogP contribution < -0.4 is 10.6 Å². The molecule has 4 rings (SSSR count). The molecule has 0 spiro atoms. The SMILES string of the molecule is Nc1nc(N2CCOCC2)c2nc(-c3ccnc(Cl)c3F)cnc2n1. The van der Waals surface area contributed by atoms with E-state index in [1.807, 2.05) is 4.90 Å². The monoisotopic (exact) mass is 361 g/mol. The van der Waals surface area contributed by atoms with Gasteiger partial charge in [-0.3, -0.25) is 0 Å². The maximum Gasteiger partial charge on any atom is 0.224 e. The predicted molar refractivity (Wildman–Crippen MR) is 90.8 cm³/mol. The summed E-state index contributed by atoms with van der Waals surface area (Å²) in [6.45, 7) is 2.44. The molecule has 0 amide bonds. The number of ether oxygens (including phenoxy) is 1. The first-order valence-corrected chi connectivity index (χ1v) is 7.94. The lowest BCUT2D eigenvalue weighted by atomic mass is 10.2. The summed E-state index contributed by atoms with van der Waals surface area (Å²) in [5, 5.41) is -0.221. The minimum Gasteiger partial charge on any atom is -0.378 e. The van der Waals surface area contributed by atoms with Gasteiger partial charge in [0.2, 0.25) is 5.95 Å². The van der Waals surface area contributed by atoms with Crippen molar-refractivity contribution >= 4 is 34.5 Å². The van der Waals surface area contributed by atoms with Gasteiger partial charge in [0.15, 0.2) is 28.0 Å². The number of halogens is 2. The van der Waals surface area contributed by atoms with E-state index in [0.717, 1.165) is 0 Å². The summed E-state index contributed by atoms with van der Waals surface area (Å²) in [6.07, 6.45) is 2.83. The second-order valence-electron chi connectivity index (χ2n) is 5.40. The number of rotatable bonds is 2. The van der Waals surface area contributed by atoms with Crippen LogP contribution in [0.15, 0.2) is 18.5 Å². The van der Waals surface area contributed by atoms with Crippen molar-refractivity contribution in [3.8, 4) is 11.3 Å². The van der Waals surface area contributed by atoms with E-state index in [1.165, 1.54) is 18.5 Å². The Hall–Kier alpha value is -2.65. The molecule has 8 nitrogen and oxygen atoms in total. The molecule has 0 unspecified atom stereocenters. The molecule has 25 heavy (non-hydrogen) atoms. The fraction of sp³-hybridized carbons (Fsp3) is 0.267. The number of morpholine rings is 1. The van der Waals surface area contributed by atoms with Crippen molar-refractivity contribution in [3.05, 3.63) is 29.4 Å². The van der Waals surface area contributed by atoms with Crippen LogP contribution in [-0.4, -0.2) is 51.2 Å². The second-order valence-corrected chi connectivity index (χ2v) is 5.75. The molecule has 1 aliphatic rings. The maximum atomic E-state index is 14.3. The van der Waals surface area contributed by atoms with Gasteiger partial charge in [-0.1, -0.05) is 11.6 Å². The molecule has 0 radical (unpaired) electrons. The van der Waals surface area contributed by atoms with E-state index >= 15 is 0 Å². The summed E-state index contributed by atoms with van der Waals surface area (Å²) < 4.78 is 19.6. The number of pyridine rings is 1. The third kappa shape index (κ3) is 2.92. The molecule has 0 aromatic carbocycles. The van der Waals surface area contributed by atoms with Crippen LogP contribution in [0.3, 0.4) is 0 Å². The Morgan fingerprint density at radius 1 is 1.16 bits per heavy atom. The summed E-state index contributed by atoms with van der Waals surface area (Å²) in [6, 6.07) is 1.49. The predicted octanol–water partition coefficient (Wildman–Crippen LogP) is 1.69. The van der Waals surface area contributed by atoms with Crippen molar-refractivity contribution < 1.29 is 9.13 Å². The average Bonchev–Trinajstić information content (AvgIpc) is 2.64. The number of aromatic nitrogens is 5. The number of hydrogen-bond donors (Lipinski definition) is 1. The zero-order chi connectivity index (χ0) is 17.4. The van der Waals surface area contributed by atoms with Gasteiger partial charge in [-0.15, -0.1) is 0 Å². The van der Waals surface area contributed by atoms with E-state index in [4.69, 9.17) is 22.1 Å². The Balaban J connectivity index is 1.89. The largest absolute Gasteiger partial charge is 0.378 e. The standard InChI is InChI=1S/C15H13ClFN7O/c16-12-10(17)8(1-2-19-12)9-7-20-13-11(21-9)14(23-15(18)22-13)24-3-5-25-6-4-24/h1-2,7H,3-6H2,(H2,18,20,22,23). The van der Waals surface area contributed by atoms with Crippen LogP contribution in [0, 0.1) is 5.82 Å². The fourth-order valence-electron chi connectivity index (χ4n) is 2.65. The van der Waals surface area contributed by atoms with Crippen molar-refractivity contribution in [1.29, 1.82) is 0 Å². The Kier molecular flexibility index (Phi) is 4.02. The number of nitrogens with zero attached hydrogens (tertiary/aromatic N) is 6. The number of hydrogen-bond acceptors (Lipinski definition) is 8. The molecule has 3 aromatic rings. The third-order valence-corrected chi connectivity index (χ3v) is 4.10. The summed E-state index contributed by atoms with van der Waals surface area (Å²) in [5.41, 5.74) is 7.11. The lowest BCUT2D eigenvalue weighted by Crippen LogP contribution is -2.37. The molecule has 0 saturated carbocycles. The van der Waals surface area contributed by atoms with Gasteiger partial charge in [0.25, 0.3) is 0 Å². The zero-order valence-electron chi connectivity index (χ0n) is 13.0. The van der Waals surface area contributed by atoms with Gasteiger partial charge >= 0.3 is 0 Å². The van der Waals surface area contributed by atoms with Crippen LogP contribution in [0.1, 0.15) is 0 Å². The molecule has 10 heteroatoms. The number of anilines is 2. The Morgan fingerprint density at radius 2 is 1.96 bits per heavy atom. The highest BCUT2D eigenvalue weighted by atomic mass is 35.5. The molecule has 1 saturated heterocycles. The minimum absolute atomic E-state index is 0.106. The summed E-state index contributed by atoms with van der Waals surface area (Å²) in [7, 11) is 0. The van der Waals surface area contributed by atoms with Crippen LogP contribution in [0.5, 0.6) is 0 Å². The smallest absolute Gasteiger partial charge is 0.224 e. The van der Waals surface area contributed by atoms with Gasteiger partial charge in [0.1, 0.15) is 0 Å². The second kappa shape index (κ2) is 6.34. The number of nitrogen functional groups attached to an aromatic ring is 1. The lowest BCUT2D eigenvalue weighted by molar-refractivity contribution is 0.122. The summed E-state index contributed by atoms with van der Waals surface area (Å²) in [4.78, 5) is 22.9. The van der Waals surface area contributed by atoms with Crippen molar-refractivity contribution in [2.24, 2.45) is 0 Å². The van der Waals surface area contributed by atoms with Gasteiger partial charge in [0, 0.05) is 24.8 Å².